The second kappa shape index (κ2) is 4.83. The van der Waals surface area contributed by atoms with Gasteiger partial charge in [-0.15, -0.1) is 0 Å². The first kappa shape index (κ1) is 12.0. The summed E-state index contributed by atoms with van der Waals surface area (Å²) in [4.78, 5) is 11.0. The topological polar surface area (TPSA) is 88.5 Å². The monoisotopic (exact) mass is 246 g/mol. The summed E-state index contributed by atoms with van der Waals surface area (Å²) < 4.78 is 5.39. The molecule has 0 saturated carbocycles. The largest absolute Gasteiger partial charge is 0.478 e. The van der Waals surface area contributed by atoms with Crippen molar-refractivity contribution in [3.63, 3.8) is 0 Å². The number of aromatic carboxylic acids is 1. The number of nitrogen functional groups attached to an aromatic ring is 1. The SMILES string of the molecule is Cc1ccc(CNc2cc(N)ccc2C(=O)O)o1. The molecule has 0 amide bonds. The van der Waals surface area contributed by atoms with Crippen LogP contribution in [0.3, 0.4) is 0 Å². The standard InChI is InChI=1S/C13H14N2O3/c1-8-2-4-10(18-8)7-15-12-6-9(14)3-5-11(12)13(16)17/h2-6,15H,7,14H2,1H3,(H,16,17). The minimum atomic E-state index is -0.992. The molecule has 0 fully saturated rings. The summed E-state index contributed by atoms with van der Waals surface area (Å²) in [7, 11) is 0. The van der Waals surface area contributed by atoms with Gasteiger partial charge < -0.3 is 20.6 Å². The zero-order valence-electron chi connectivity index (χ0n) is 9.93. The normalized spacial score (nSPS) is 10.3. The maximum Gasteiger partial charge on any atom is 0.337 e. The number of carbonyl (C=O) groups is 1. The van der Waals surface area contributed by atoms with Gasteiger partial charge >= 0.3 is 5.97 Å². The summed E-state index contributed by atoms with van der Waals surface area (Å²) in [6.45, 7) is 2.27. The smallest absolute Gasteiger partial charge is 0.337 e. The third kappa shape index (κ3) is 2.63. The van der Waals surface area contributed by atoms with Gasteiger partial charge in [0.1, 0.15) is 11.5 Å². The van der Waals surface area contributed by atoms with Crippen molar-refractivity contribution in [2.45, 2.75) is 13.5 Å². The number of carboxylic acids is 1. The summed E-state index contributed by atoms with van der Waals surface area (Å²) in [5.41, 5.74) is 6.83. The third-order valence-electron chi connectivity index (χ3n) is 2.52. The quantitative estimate of drug-likeness (QED) is 0.721. The van der Waals surface area contributed by atoms with Crippen molar-refractivity contribution >= 4 is 17.3 Å². The predicted octanol–water partition coefficient (Wildman–Crippen LogP) is 2.48. The molecule has 18 heavy (non-hydrogen) atoms. The average Bonchev–Trinajstić information content (AvgIpc) is 2.72. The molecule has 0 saturated heterocycles. The number of aryl methyl sites for hydroxylation is 1. The van der Waals surface area contributed by atoms with Gasteiger partial charge in [-0.25, -0.2) is 4.79 Å². The number of anilines is 2. The van der Waals surface area contributed by atoms with Crippen molar-refractivity contribution in [1.82, 2.24) is 0 Å². The van der Waals surface area contributed by atoms with E-state index in [1.807, 2.05) is 19.1 Å². The molecule has 4 N–H and O–H groups in total. The summed E-state index contributed by atoms with van der Waals surface area (Å²) in [5.74, 6) is 0.567. The first-order valence-corrected chi connectivity index (χ1v) is 5.48. The van der Waals surface area contributed by atoms with Crippen LogP contribution in [-0.2, 0) is 6.54 Å². The van der Waals surface area contributed by atoms with Gasteiger partial charge in [0.05, 0.1) is 17.8 Å². The van der Waals surface area contributed by atoms with Crippen LogP contribution in [0, 0.1) is 6.92 Å². The Kier molecular flexibility index (Phi) is 3.23. The van der Waals surface area contributed by atoms with E-state index in [2.05, 4.69) is 5.32 Å². The van der Waals surface area contributed by atoms with Crippen LogP contribution >= 0.6 is 0 Å². The summed E-state index contributed by atoms with van der Waals surface area (Å²) in [6, 6.07) is 8.34. The number of furan rings is 1. The lowest BCUT2D eigenvalue weighted by Gasteiger charge is -2.09. The van der Waals surface area contributed by atoms with Crippen molar-refractivity contribution in [3.05, 3.63) is 47.4 Å². The number of carboxylic acid groups (broad SMARTS) is 1. The second-order valence-corrected chi connectivity index (χ2v) is 3.98. The Morgan fingerprint density at radius 1 is 1.39 bits per heavy atom. The van der Waals surface area contributed by atoms with E-state index >= 15 is 0 Å². The maximum absolute atomic E-state index is 11.0. The molecule has 0 spiro atoms. The molecule has 1 aromatic carbocycles. The van der Waals surface area contributed by atoms with Crippen LogP contribution < -0.4 is 11.1 Å². The Bertz CT molecular complexity index is 575. The molecule has 2 aromatic rings. The Labute approximate surface area is 104 Å². The molecule has 1 aromatic heterocycles. The molecule has 2 rings (SSSR count). The first-order valence-electron chi connectivity index (χ1n) is 5.48. The molecule has 0 atom stereocenters. The first-order chi connectivity index (χ1) is 8.56. The molecule has 0 bridgehead atoms. The number of nitrogens with one attached hydrogen (secondary N) is 1. The van der Waals surface area contributed by atoms with Gasteiger partial charge in [0, 0.05) is 5.69 Å². The highest BCUT2D eigenvalue weighted by Crippen LogP contribution is 2.20. The molecule has 0 aliphatic carbocycles. The molecule has 94 valence electrons. The third-order valence-corrected chi connectivity index (χ3v) is 2.52. The molecule has 5 nitrogen and oxygen atoms in total. The Balaban J connectivity index is 2.17. The van der Waals surface area contributed by atoms with Crippen molar-refractivity contribution in [2.24, 2.45) is 0 Å². The number of rotatable bonds is 4. The molecule has 0 aliphatic rings. The highest BCUT2D eigenvalue weighted by atomic mass is 16.4. The van der Waals surface area contributed by atoms with E-state index in [0.29, 0.717) is 17.9 Å². The van der Waals surface area contributed by atoms with Crippen LogP contribution in [0.2, 0.25) is 0 Å². The fourth-order valence-electron chi connectivity index (χ4n) is 1.66. The van der Waals surface area contributed by atoms with Crippen molar-refractivity contribution in [2.75, 3.05) is 11.1 Å². The Morgan fingerprint density at radius 3 is 2.78 bits per heavy atom. The summed E-state index contributed by atoms with van der Waals surface area (Å²) in [5, 5.41) is 12.1. The fourth-order valence-corrected chi connectivity index (χ4v) is 1.66. The van der Waals surface area contributed by atoms with Gasteiger partial charge in [-0.2, -0.15) is 0 Å². The van der Waals surface area contributed by atoms with Crippen molar-refractivity contribution in [3.8, 4) is 0 Å². The molecular weight excluding hydrogens is 232 g/mol. The Hall–Kier alpha value is -2.43. The van der Waals surface area contributed by atoms with E-state index in [9.17, 15) is 4.79 Å². The lowest BCUT2D eigenvalue weighted by molar-refractivity contribution is 0.0698. The van der Waals surface area contributed by atoms with Gasteiger partial charge in [0.25, 0.3) is 0 Å². The van der Waals surface area contributed by atoms with Gasteiger partial charge in [-0.1, -0.05) is 0 Å². The second-order valence-electron chi connectivity index (χ2n) is 3.98. The summed E-state index contributed by atoms with van der Waals surface area (Å²) >= 11 is 0. The molecule has 0 unspecified atom stereocenters. The van der Waals surface area contributed by atoms with Crippen molar-refractivity contribution in [1.29, 1.82) is 0 Å². The van der Waals surface area contributed by atoms with Gasteiger partial charge in [0.15, 0.2) is 0 Å². The average molecular weight is 246 g/mol. The van der Waals surface area contributed by atoms with Gasteiger partial charge in [-0.05, 0) is 37.3 Å². The van der Waals surface area contributed by atoms with Crippen LogP contribution in [0.4, 0.5) is 11.4 Å². The zero-order valence-corrected chi connectivity index (χ0v) is 9.93. The number of hydrogen-bond acceptors (Lipinski definition) is 4. The maximum atomic E-state index is 11.0. The van der Waals surface area contributed by atoms with E-state index in [1.54, 1.807) is 12.1 Å². The molecular formula is C13H14N2O3. The summed E-state index contributed by atoms with van der Waals surface area (Å²) in [6.07, 6.45) is 0. The van der Waals surface area contributed by atoms with E-state index in [4.69, 9.17) is 15.3 Å². The van der Waals surface area contributed by atoms with Gasteiger partial charge in [-0.3, -0.25) is 0 Å². The lowest BCUT2D eigenvalue weighted by Crippen LogP contribution is -2.06. The molecule has 1 heterocycles. The van der Waals surface area contributed by atoms with E-state index in [-0.39, 0.29) is 5.56 Å². The molecule has 0 radical (unpaired) electrons. The van der Waals surface area contributed by atoms with Crippen LogP contribution in [0.15, 0.2) is 34.7 Å². The number of hydrogen-bond donors (Lipinski definition) is 3. The number of nitrogens with two attached hydrogens (primary N) is 1. The minimum absolute atomic E-state index is 0.187. The fraction of sp³-hybridized carbons (Fsp3) is 0.154. The highest BCUT2D eigenvalue weighted by molar-refractivity contribution is 5.95. The molecule has 5 heteroatoms. The van der Waals surface area contributed by atoms with Crippen LogP contribution in [0.5, 0.6) is 0 Å². The predicted molar refractivity (Wildman–Crippen MR) is 68.6 cm³/mol. The zero-order chi connectivity index (χ0) is 13.1. The number of benzene rings is 1. The van der Waals surface area contributed by atoms with Crippen LogP contribution in [0.25, 0.3) is 0 Å². The van der Waals surface area contributed by atoms with E-state index in [0.717, 1.165) is 11.5 Å². The Morgan fingerprint density at radius 2 is 2.17 bits per heavy atom. The van der Waals surface area contributed by atoms with E-state index in [1.165, 1.54) is 6.07 Å². The highest BCUT2D eigenvalue weighted by Gasteiger charge is 2.10. The van der Waals surface area contributed by atoms with Crippen molar-refractivity contribution < 1.29 is 14.3 Å². The minimum Gasteiger partial charge on any atom is -0.478 e. The van der Waals surface area contributed by atoms with Crippen LogP contribution in [0.1, 0.15) is 21.9 Å². The van der Waals surface area contributed by atoms with Gasteiger partial charge in [0.2, 0.25) is 0 Å². The van der Waals surface area contributed by atoms with Crippen LogP contribution in [-0.4, -0.2) is 11.1 Å². The lowest BCUT2D eigenvalue weighted by atomic mass is 10.1. The van der Waals surface area contributed by atoms with E-state index < -0.39 is 5.97 Å². The molecule has 0 aliphatic heterocycles.